The number of nitrogens with one attached hydrogen (secondary N) is 1. The van der Waals surface area contributed by atoms with Crippen molar-refractivity contribution in [2.24, 2.45) is 7.05 Å². The van der Waals surface area contributed by atoms with Gasteiger partial charge in [0.15, 0.2) is 0 Å². The Labute approximate surface area is 113 Å². The lowest BCUT2D eigenvalue weighted by molar-refractivity contribution is -0.384. The van der Waals surface area contributed by atoms with Gasteiger partial charge in [0, 0.05) is 19.3 Å². The van der Waals surface area contributed by atoms with Crippen LogP contribution in [0.2, 0.25) is 0 Å². The number of rotatable bonds is 5. The van der Waals surface area contributed by atoms with E-state index in [-0.39, 0.29) is 23.5 Å². The zero-order chi connectivity index (χ0) is 14.7. The van der Waals surface area contributed by atoms with Gasteiger partial charge in [-0.05, 0) is 18.2 Å². The van der Waals surface area contributed by atoms with Crippen molar-refractivity contribution >= 4 is 17.3 Å². The molecule has 2 rings (SSSR count). The Morgan fingerprint density at radius 1 is 1.50 bits per heavy atom. The van der Waals surface area contributed by atoms with Gasteiger partial charge in [-0.1, -0.05) is 0 Å². The molecule has 0 atom stereocenters. The van der Waals surface area contributed by atoms with Crippen molar-refractivity contribution in [2.45, 2.75) is 6.54 Å². The fourth-order valence-electron chi connectivity index (χ4n) is 1.71. The fraction of sp³-hybridized carbons (Fsp3) is 0.167. The number of hydrogen-bond donors (Lipinski definition) is 2. The third-order valence-electron chi connectivity index (χ3n) is 2.67. The van der Waals surface area contributed by atoms with E-state index in [0.717, 1.165) is 0 Å². The summed E-state index contributed by atoms with van der Waals surface area (Å²) >= 11 is 0. The van der Waals surface area contributed by atoms with Crippen LogP contribution in [0.1, 0.15) is 16.1 Å². The van der Waals surface area contributed by atoms with E-state index < -0.39 is 10.9 Å². The van der Waals surface area contributed by atoms with Crippen LogP contribution in [0.15, 0.2) is 30.5 Å². The van der Waals surface area contributed by atoms with Gasteiger partial charge in [-0.3, -0.25) is 14.8 Å². The maximum atomic E-state index is 10.9. The van der Waals surface area contributed by atoms with Crippen LogP contribution in [0.25, 0.3) is 0 Å². The number of carboxylic acids is 1. The average Bonchev–Trinajstić information content (AvgIpc) is 2.81. The first-order chi connectivity index (χ1) is 9.47. The molecule has 0 spiro atoms. The summed E-state index contributed by atoms with van der Waals surface area (Å²) in [4.78, 5) is 21.3. The Morgan fingerprint density at radius 2 is 2.25 bits per heavy atom. The number of carboxylic acid groups (broad SMARTS) is 1. The molecule has 1 aromatic carbocycles. The molecule has 1 aromatic heterocycles. The van der Waals surface area contributed by atoms with E-state index in [1.807, 2.05) is 0 Å². The molecular formula is C12H12N4O4. The predicted octanol–water partition coefficient (Wildman–Crippen LogP) is 1.64. The molecule has 8 heteroatoms. The van der Waals surface area contributed by atoms with Gasteiger partial charge in [-0.25, -0.2) is 4.79 Å². The lowest BCUT2D eigenvalue weighted by Gasteiger charge is -2.06. The van der Waals surface area contributed by atoms with Crippen molar-refractivity contribution in [3.05, 3.63) is 51.8 Å². The van der Waals surface area contributed by atoms with Crippen molar-refractivity contribution in [1.82, 2.24) is 9.78 Å². The van der Waals surface area contributed by atoms with E-state index in [0.29, 0.717) is 5.69 Å². The van der Waals surface area contributed by atoms with E-state index in [9.17, 15) is 14.9 Å². The van der Waals surface area contributed by atoms with Crippen molar-refractivity contribution in [1.29, 1.82) is 0 Å². The first-order valence-corrected chi connectivity index (χ1v) is 5.71. The normalized spacial score (nSPS) is 10.2. The van der Waals surface area contributed by atoms with Crippen molar-refractivity contribution in [3.63, 3.8) is 0 Å². The maximum Gasteiger partial charge on any atom is 0.335 e. The molecule has 0 saturated heterocycles. The lowest BCUT2D eigenvalue weighted by Crippen LogP contribution is -2.06. The quantitative estimate of drug-likeness (QED) is 0.634. The van der Waals surface area contributed by atoms with Gasteiger partial charge < -0.3 is 10.4 Å². The van der Waals surface area contributed by atoms with Gasteiger partial charge in [-0.2, -0.15) is 5.10 Å². The number of nitrogens with zero attached hydrogens (tertiary/aromatic N) is 3. The molecule has 104 valence electrons. The molecule has 0 fully saturated rings. The number of carbonyl (C=O) groups is 1. The van der Waals surface area contributed by atoms with Crippen molar-refractivity contribution in [2.75, 3.05) is 5.32 Å². The topological polar surface area (TPSA) is 110 Å². The van der Waals surface area contributed by atoms with Crippen LogP contribution in [0.3, 0.4) is 0 Å². The number of benzene rings is 1. The summed E-state index contributed by atoms with van der Waals surface area (Å²) in [5, 5.41) is 26.8. The molecule has 0 aliphatic rings. The molecular weight excluding hydrogens is 264 g/mol. The molecule has 0 aliphatic heterocycles. The van der Waals surface area contributed by atoms with Crippen LogP contribution in [0.5, 0.6) is 0 Å². The van der Waals surface area contributed by atoms with E-state index in [4.69, 9.17) is 5.11 Å². The van der Waals surface area contributed by atoms with E-state index >= 15 is 0 Å². The van der Waals surface area contributed by atoms with Crippen LogP contribution in [0.4, 0.5) is 11.4 Å². The third-order valence-corrected chi connectivity index (χ3v) is 2.67. The molecule has 2 aromatic rings. The second kappa shape index (κ2) is 5.39. The lowest BCUT2D eigenvalue weighted by atomic mass is 10.1. The highest BCUT2D eigenvalue weighted by Gasteiger charge is 2.16. The Hall–Kier alpha value is -2.90. The number of aryl methyl sites for hydroxylation is 1. The molecule has 0 amide bonds. The highest BCUT2D eigenvalue weighted by atomic mass is 16.6. The summed E-state index contributed by atoms with van der Waals surface area (Å²) in [6, 6.07) is 5.37. The van der Waals surface area contributed by atoms with Crippen LogP contribution >= 0.6 is 0 Å². The molecule has 20 heavy (non-hydrogen) atoms. The van der Waals surface area contributed by atoms with E-state index in [2.05, 4.69) is 10.4 Å². The summed E-state index contributed by atoms with van der Waals surface area (Å²) in [7, 11) is 1.76. The van der Waals surface area contributed by atoms with Crippen LogP contribution < -0.4 is 5.32 Å². The minimum Gasteiger partial charge on any atom is -0.478 e. The number of nitro benzene ring substituents is 1. The zero-order valence-corrected chi connectivity index (χ0v) is 10.6. The smallest absolute Gasteiger partial charge is 0.335 e. The van der Waals surface area contributed by atoms with Crippen LogP contribution in [0, 0.1) is 10.1 Å². The second-order valence-electron chi connectivity index (χ2n) is 4.13. The molecule has 0 saturated carbocycles. The third kappa shape index (κ3) is 2.91. The first kappa shape index (κ1) is 13.5. The van der Waals surface area contributed by atoms with Crippen molar-refractivity contribution in [3.8, 4) is 0 Å². The standard InChI is InChI=1S/C12H12N4O4/c1-15-5-4-9(14-15)7-13-10-6-8(12(17)18)2-3-11(10)16(19)20/h2-6,13H,7H2,1H3,(H,17,18). The Kier molecular flexibility index (Phi) is 3.65. The van der Waals surface area contributed by atoms with Gasteiger partial charge in [0.25, 0.3) is 5.69 Å². The first-order valence-electron chi connectivity index (χ1n) is 5.71. The summed E-state index contributed by atoms with van der Waals surface area (Å²) < 4.78 is 1.61. The molecule has 2 N–H and O–H groups in total. The van der Waals surface area contributed by atoms with E-state index in [1.165, 1.54) is 18.2 Å². The molecule has 0 aliphatic carbocycles. The van der Waals surface area contributed by atoms with Crippen molar-refractivity contribution < 1.29 is 14.8 Å². The number of nitro groups is 1. The number of anilines is 1. The minimum absolute atomic E-state index is 0.0147. The maximum absolute atomic E-state index is 10.9. The van der Waals surface area contributed by atoms with E-state index in [1.54, 1.807) is 24.0 Å². The SMILES string of the molecule is Cn1ccc(CNc2cc(C(=O)O)ccc2[N+](=O)[O-])n1. The minimum atomic E-state index is -1.14. The number of aromatic carboxylic acids is 1. The summed E-state index contributed by atoms with van der Waals surface area (Å²) in [5.41, 5.74) is 0.660. The zero-order valence-electron chi connectivity index (χ0n) is 10.6. The monoisotopic (exact) mass is 276 g/mol. The van der Waals surface area contributed by atoms with Gasteiger partial charge in [0.2, 0.25) is 0 Å². The molecule has 0 bridgehead atoms. The van der Waals surface area contributed by atoms with Crippen LogP contribution in [-0.2, 0) is 13.6 Å². The van der Waals surface area contributed by atoms with Crippen LogP contribution in [-0.4, -0.2) is 25.8 Å². The predicted molar refractivity (Wildman–Crippen MR) is 70.6 cm³/mol. The fourth-order valence-corrected chi connectivity index (χ4v) is 1.71. The van der Waals surface area contributed by atoms with Gasteiger partial charge >= 0.3 is 5.97 Å². The summed E-state index contributed by atoms with van der Waals surface area (Å²) in [6.45, 7) is 0.269. The Bertz CT molecular complexity index is 665. The second-order valence-corrected chi connectivity index (χ2v) is 4.13. The highest BCUT2D eigenvalue weighted by molar-refractivity contribution is 5.90. The molecule has 8 nitrogen and oxygen atoms in total. The summed E-state index contributed by atoms with van der Waals surface area (Å²) in [6.07, 6.45) is 1.75. The molecule has 0 unspecified atom stereocenters. The molecule has 0 radical (unpaired) electrons. The van der Waals surface area contributed by atoms with Gasteiger partial charge in [0.1, 0.15) is 5.69 Å². The number of aromatic nitrogens is 2. The Morgan fingerprint density at radius 3 is 2.80 bits per heavy atom. The van der Waals surface area contributed by atoms with Gasteiger partial charge in [-0.15, -0.1) is 0 Å². The highest BCUT2D eigenvalue weighted by Crippen LogP contribution is 2.26. The van der Waals surface area contributed by atoms with Gasteiger partial charge in [0.05, 0.1) is 22.7 Å². The summed E-state index contributed by atoms with van der Waals surface area (Å²) in [5.74, 6) is -1.14. The largest absolute Gasteiger partial charge is 0.478 e. The number of hydrogen-bond acceptors (Lipinski definition) is 5. The molecule has 1 heterocycles. The average molecular weight is 276 g/mol. The Balaban J connectivity index is 2.25.